The zero-order valence-electron chi connectivity index (χ0n) is 13.6. The predicted molar refractivity (Wildman–Crippen MR) is 95.0 cm³/mol. The first kappa shape index (κ1) is 16.6. The van der Waals surface area contributed by atoms with Crippen LogP contribution in [0, 0.1) is 0 Å². The standard InChI is InChI=1S/C17H24BrN3O2/c1-11(22-13-5-3-12(18)4-6-13)10-20-17(19-2)21-15-9-14-7-8-16(15)23-14/h3-6,11,14-16H,7-10H2,1-2H3,(H2,19,20,21). The summed E-state index contributed by atoms with van der Waals surface area (Å²) in [5, 5.41) is 6.81. The molecule has 0 spiro atoms. The number of fused-ring (bicyclic) bond motifs is 2. The molecule has 2 aliphatic rings. The lowest BCUT2D eigenvalue weighted by atomic mass is 9.96. The van der Waals surface area contributed by atoms with Crippen LogP contribution >= 0.6 is 15.9 Å². The lowest BCUT2D eigenvalue weighted by molar-refractivity contribution is 0.0992. The molecule has 2 N–H and O–H groups in total. The van der Waals surface area contributed by atoms with Crippen LogP contribution in [0.4, 0.5) is 0 Å². The largest absolute Gasteiger partial charge is 0.489 e. The van der Waals surface area contributed by atoms with E-state index in [0.717, 1.165) is 29.0 Å². The molecule has 2 heterocycles. The highest BCUT2D eigenvalue weighted by molar-refractivity contribution is 9.10. The third kappa shape index (κ3) is 4.38. The number of aliphatic imine (C=N–C) groups is 1. The molecule has 6 heteroatoms. The number of ether oxygens (including phenoxy) is 2. The van der Waals surface area contributed by atoms with E-state index < -0.39 is 0 Å². The summed E-state index contributed by atoms with van der Waals surface area (Å²) < 4.78 is 12.8. The SMILES string of the molecule is CN=C(NCC(C)Oc1ccc(Br)cc1)NC1CC2CCC1O2. The Morgan fingerprint density at radius 2 is 2.17 bits per heavy atom. The molecule has 0 aliphatic carbocycles. The molecule has 2 aliphatic heterocycles. The molecular formula is C17H24BrN3O2. The quantitative estimate of drug-likeness (QED) is 0.608. The first-order valence-corrected chi connectivity index (χ1v) is 8.98. The van der Waals surface area contributed by atoms with Crippen LogP contribution in [-0.4, -0.2) is 43.9 Å². The van der Waals surface area contributed by atoms with Crippen molar-refractivity contribution in [2.45, 2.75) is 50.5 Å². The van der Waals surface area contributed by atoms with Crippen molar-refractivity contribution < 1.29 is 9.47 Å². The Balaban J connectivity index is 1.43. The molecule has 0 saturated carbocycles. The molecule has 2 fully saturated rings. The number of nitrogens with one attached hydrogen (secondary N) is 2. The summed E-state index contributed by atoms with van der Waals surface area (Å²) in [6.45, 7) is 2.74. The molecule has 126 valence electrons. The lowest BCUT2D eigenvalue weighted by Crippen LogP contribution is -2.49. The number of guanidine groups is 1. The maximum Gasteiger partial charge on any atom is 0.191 e. The van der Waals surface area contributed by atoms with Gasteiger partial charge in [-0.2, -0.15) is 0 Å². The first-order chi connectivity index (χ1) is 11.1. The van der Waals surface area contributed by atoms with Crippen molar-refractivity contribution in [1.82, 2.24) is 10.6 Å². The third-order valence-electron chi connectivity index (χ3n) is 4.36. The number of nitrogens with zero attached hydrogens (tertiary/aromatic N) is 1. The van der Waals surface area contributed by atoms with Gasteiger partial charge in [0.15, 0.2) is 5.96 Å². The highest BCUT2D eigenvalue weighted by Crippen LogP contribution is 2.34. The molecule has 5 nitrogen and oxygen atoms in total. The minimum atomic E-state index is 0.0472. The first-order valence-electron chi connectivity index (χ1n) is 8.19. The summed E-state index contributed by atoms with van der Waals surface area (Å²) >= 11 is 3.42. The molecular weight excluding hydrogens is 358 g/mol. The normalized spacial score (nSPS) is 27.8. The maximum absolute atomic E-state index is 5.89. The van der Waals surface area contributed by atoms with E-state index in [0.29, 0.717) is 24.8 Å². The monoisotopic (exact) mass is 381 g/mol. The summed E-state index contributed by atoms with van der Waals surface area (Å²) in [6, 6.07) is 8.25. The Kier molecular flexibility index (Phi) is 5.43. The zero-order chi connectivity index (χ0) is 16.2. The van der Waals surface area contributed by atoms with Gasteiger partial charge in [-0.15, -0.1) is 0 Å². The van der Waals surface area contributed by atoms with Gasteiger partial charge in [0.1, 0.15) is 11.9 Å². The number of benzene rings is 1. The molecule has 1 aromatic rings. The Morgan fingerprint density at radius 3 is 2.78 bits per heavy atom. The summed E-state index contributed by atoms with van der Waals surface area (Å²) in [7, 11) is 1.80. The molecule has 0 amide bonds. The van der Waals surface area contributed by atoms with Crippen LogP contribution in [-0.2, 0) is 4.74 Å². The number of hydrogen-bond acceptors (Lipinski definition) is 3. The van der Waals surface area contributed by atoms with Crippen molar-refractivity contribution >= 4 is 21.9 Å². The van der Waals surface area contributed by atoms with Crippen LogP contribution in [0.15, 0.2) is 33.7 Å². The zero-order valence-corrected chi connectivity index (χ0v) is 15.2. The Morgan fingerprint density at radius 1 is 1.39 bits per heavy atom. The van der Waals surface area contributed by atoms with Crippen LogP contribution in [0.25, 0.3) is 0 Å². The second-order valence-corrected chi connectivity index (χ2v) is 7.11. The van der Waals surface area contributed by atoms with E-state index in [1.807, 2.05) is 31.2 Å². The second-order valence-electron chi connectivity index (χ2n) is 6.20. The van der Waals surface area contributed by atoms with E-state index in [2.05, 4.69) is 31.6 Å². The predicted octanol–water partition coefficient (Wildman–Crippen LogP) is 2.70. The molecule has 1 aromatic carbocycles. The van der Waals surface area contributed by atoms with Crippen LogP contribution in [0.3, 0.4) is 0 Å². The van der Waals surface area contributed by atoms with E-state index in [-0.39, 0.29) is 6.10 Å². The van der Waals surface area contributed by atoms with E-state index in [9.17, 15) is 0 Å². The Hall–Kier alpha value is -1.27. The summed E-state index contributed by atoms with van der Waals surface area (Å²) in [5.41, 5.74) is 0. The van der Waals surface area contributed by atoms with Crippen LogP contribution in [0.5, 0.6) is 5.75 Å². The van der Waals surface area contributed by atoms with Crippen molar-refractivity contribution in [3.05, 3.63) is 28.7 Å². The summed E-state index contributed by atoms with van der Waals surface area (Å²) in [5.74, 6) is 1.68. The molecule has 3 rings (SSSR count). The van der Waals surface area contributed by atoms with E-state index in [1.54, 1.807) is 7.05 Å². The fourth-order valence-corrected chi connectivity index (χ4v) is 3.45. The molecule has 0 aromatic heterocycles. The van der Waals surface area contributed by atoms with Gasteiger partial charge in [0.25, 0.3) is 0 Å². The summed E-state index contributed by atoms with van der Waals surface area (Å²) in [4.78, 5) is 4.30. The van der Waals surface area contributed by atoms with Crippen molar-refractivity contribution in [1.29, 1.82) is 0 Å². The van der Waals surface area contributed by atoms with Crippen molar-refractivity contribution in [2.24, 2.45) is 4.99 Å². The topological polar surface area (TPSA) is 54.9 Å². The molecule has 23 heavy (non-hydrogen) atoms. The van der Waals surface area contributed by atoms with Gasteiger partial charge in [-0.3, -0.25) is 4.99 Å². The van der Waals surface area contributed by atoms with Crippen LogP contribution < -0.4 is 15.4 Å². The van der Waals surface area contributed by atoms with Crippen LogP contribution in [0.2, 0.25) is 0 Å². The Bertz CT molecular complexity index is 549. The molecule has 0 radical (unpaired) electrons. The lowest BCUT2D eigenvalue weighted by Gasteiger charge is -2.23. The van der Waals surface area contributed by atoms with Gasteiger partial charge in [-0.1, -0.05) is 15.9 Å². The van der Waals surface area contributed by atoms with Crippen molar-refractivity contribution in [3.63, 3.8) is 0 Å². The van der Waals surface area contributed by atoms with Gasteiger partial charge in [-0.25, -0.2) is 0 Å². The van der Waals surface area contributed by atoms with Gasteiger partial charge in [-0.05, 0) is 50.5 Å². The Labute approximate surface area is 146 Å². The van der Waals surface area contributed by atoms with Gasteiger partial charge in [0.2, 0.25) is 0 Å². The number of hydrogen-bond donors (Lipinski definition) is 2. The minimum absolute atomic E-state index is 0.0472. The molecule has 2 saturated heterocycles. The van der Waals surface area contributed by atoms with E-state index >= 15 is 0 Å². The number of rotatable bonds is 5. The fraction of sp³-hybridized carbons (Fsp3) is 0.588. The van der Waals surface area contributed by atoms with Crippen LogP contribution in [0.1, 0.15) is 26.2 Å². The summed E-state index contributed by atoms with van der Waals surface area (Å²) in [6.07, 6.45) is 4.27. The molecule has 2 bridgehead atoms. The molecule has 4 atom stereocenters. The van der Waals surface area contributed by atoms with Gasteiger partial charge >= 0.3 is 0 Å². The average molecular weight is 382 g/mol. The third-order valence-corrected chi connectivity index (χ3v) is 4.89. The van der Waals surface area contributed by atoms with Crippen molar-refractivity contribution in [3.8, 4) is 5.75 Å². The average Bonchev–Trinajstić information content (AvgIpc) is 3.16. The smallest absolute Gasteiger partial charge is 0.191 e. The van der Waals surface area contributed by atoms with Gasteiger partial charge < -0.3 is 20.1 Å². The minimum Gasteiger partial charge on any atom is -0.489 e. The maximum atomic E-state index is 5.89. The fourth-order valence-electron chi connectivity index (χ4n) is 3.19. The van der Waals surface area contributed by atoms with Crippen molar-refractivity contribution in [2.75, 3.05) is 13.6 Å². The van der Waals surface area contributed by atoms with Gasteiger partial charge in [0.05, 0.1) is 24.8 Å². The second kappa shape index (κ2) is 7.53. The van der Waals surface area contributed by atoms with E-state index in [4.69, 9.17) is 9.47 Å². The van der Waals surface area contributed by atoms with Gasteiger partial charge in [0, 0.05) is 11.5 Å². The van der Waals surface area contributed by atoms with E-state index in [1.165, 1.54) is 6.42 Å². The highest BCUT2D eigenvalue weighted by Gasteiger charge is 2.41. The highest BCUT2D eigenvalue weighted by atomic mass is 79.9. The molecule has 4 unspecified atom stereocenters. The number of halogens is 1.